The van der Waals surface area contributed by atoms with Gasteiger partial charge in [-0.25, -0.2) is 4.79 Å². The summed E-state index contributed by atoms with van der Waals surface area (Å²) in [4.78, 5) is 71.7. The number of nitrogens with one attached hydrogen (secondary N) is 3. The van der Waals surface area contributed by atoms with Gasteiger partial charge < -0.3 is 43.4 Å². The van der Waals surface area contributed by atoms with Gasteiger partial charge in [0.2, 0.25) is 23.6 Å². The highest BCUT2D eigenvalue weighted by molar-refractivity contribution is 5.97. The Hall–Kier alpha value is -3.26. The van der Waals surface area contributed by atoms with Crippen molar-refractivity contribution in [3.8, 4) is 0 Å². The molecule has 0 aliphatic carbocycles. The van der Waals surface area contributed by atoms with Gasteiger partial charge in [-0.15, -0.1) is 0 Å². The van der Waals surface area contributed by atoms with Gasteiger partial charge in [0, 0.05) is 0 Å². The van der Waals surface area contributed by atoms with E-state index in [9.17, 15) is 33.9 Å². The average Bonchev–Trinajstić information content (AvgIpc) is 2.75. The predicted octanol–water partition coefficient (Wildman–Crippen LogP) is -2.62. The number of primary amides is 1. The molecule has 0 rings (SSSR count). The summed E-state index contributed by atoms with van der Waals surface area (Å²) < 4.78 is 0. The molecular formula is C20H36N6O8. The minimum atomic E-state index is -1.68. The van der Waals surface area contributed by atoms with Crippen LogP contribution in [0.5, 0.6) is 0 Å². The lowest BCUT2D eigenvalue weighted by molar-refractivity contribution is -0.144. The van der Waals surface area contributed by atoms with Gasteiger partial charge in [0.1, 0.15) is 18.1 Å². The number of nitrogens with two attached hydrogens (primary N) is 3. The molecule has 0 aromatic heterocycles. The molecule has 0 aliphatic rings. The van der Waals surface area contributed by atoms with E-state index in [1.165, 1.54) is 0 Å². The smallest absolute Gasteiger partial charge is 0.326 e. The minimum absolute atomic E-state index is 0.0415. The van der Waals surface area contributed by atoms with E-state index >= 15 is 0 Å². The maximum Gasteiger partial charge on any atom is 0.326 e. The molecule has 14 nitrogen and oxygen atoms in total. The van der Waals surface area contributed by atoms with Crippen molar-refractivity contribution in [1.29, 1.82) is 0 Å². The van der Waals surface area contributed by atoms with Gasteiger partial charge in [0.05, 0.1) is 18.9 Å². The van der Waals surface area contributed by atoms with Crippen molar-refractivity contribution in [3.05, 3.63) is 0 Å². The molecule has 0 spiro atoms. The summed E-state index contributed by atoms with van der Waals surface area (Å²) in [5, 5.41) is 25.1. The van der Waals surface area contributed by atoms with Crippen molar-refractivity contribution in [2.75, 3.05) is 6.54 Å². The summed E-state index contributed by atoms with van der Waals surface area (Å²) in [6.07, 6.45) is 0.00643. The molecule has 0 aromatic rings. The number of hydrogen-bond acceptors (Lipinski definition) is 8. The minimum Gasteiger partial charge on any atom is -0.481 e. The molecule has 0 radical (unpaired) electrons. The van der Waals surface area contributed by atoms with E-state index in [2.05, 4.69) is 16.0 Å². The quantitative estimate of drug-likeness (QED) is 0.0988. The standard InChI is InChI=1S/C20H36N6O8/c1-3-10(2)16(23)19(32)26-12(8-14(22)27)17(30)25-13(9-15(28)29)18(31)24-11(20(33)34)6-4-5-7-21/h10-13,16H,3-9,21,23H2,1-2H3,(H2,22,27)(H,24,31)(H,25,30)(H,26,32)(H,28,29)(H,33,34). The normalized spacial score (nSPS) is 15.2. The topological polar surface area (TPSA) is 257 Å². The summed E-state index contributed by atoms with van der Waals surface area (Å²) in [6, 6.07) is -5.53. The van der Waals surface area contributed by atoms with Crippen LogP contribution >= 0.6 is 0 Å². The number of unbranched alkanes of at least 4 members (excludes halogenated alkanes) is 1. The molecule has 11 N–H and O–H groups in total. The molecule has 0 aromatic carbocycles. The van der Waals surface area contributed by atoms with E-state index in [4.69, 9.17) is 22.3 Å². The third-order valence-electron chi connectivity index (χ3n) is 5.17. The number of carbonyl (C=O) groups is 6. The van der Waals surface area contributed by atoms with Gasteiger partial charge >= 0.3 is 11.9 Å². The molecule has 5 unspecified atom stereocenters. The Bertz CT molecular complexity index is 747. The van der Waals surface area contributed by atoms with Crippen molar-refractivity contribution in [2.45, 2.75) is 76.5 Å². The number of carboxylic acids is 2. The highest BCUT2D eigenvalue weighted by atomic mass is 16.4. The maximum absolute atomic E-state index is 12.7. The van der Waals surface area contributed by atoms with E-state index in [0.717, 1.165) is 0 Å². The fourth-order valence-electron chi connectivity index (χ4n) is 2.87. The van der Waals surface area contributed by atoms with Crippen LogP contribution < -0.4 is 33.2 Å². The lowest BCUT2D eigenvalue weighted by Gasteiger charge is -2.25. The predicted molar refractivity (Wildman–Crippen MR) is 120 cm³/mol. The second-order valence-electron chi connectivity index (χ2n) is 7.99. The Labute approximate surface area is 197 Å². The van der Waals surface area contributed by atoms with Crippen molar-refractivity contribution in [1.82, 2.24) is 16.0 Å². The van der Waals surface area contributed by atoms with Gasteiger partial charge in [0.25, 0.3) is 0 Å². The zero-order valence-electron chi connectivity index (χ0n) is 19.4. The molecule has 0 heterocycles. The highest BCUT2D eigenvalue weighted by Gasteiger charge is 2.32. The van der Waals surface area contributed by atoms with Crippen molar-refractivity contribution < 1.29 is 39.0 Å². The number of rotatable bonds is 17. The molecule has 4 amide bonds. The first kappa shape index (κ1) is 30.7. The Morgan fingerprint density at radius 2 is 1.32 bits per heavy atom. The van der Waals surface area contributed by atoms with Gasteiger partial charge in [-0.1, -0.05) is 20.3 Å². The number of carboxylic acid groups (broad SMARTS) is 2. The van der Waals surface area contributed by atoms with Crippen LogP contribution in [0.15, 0.2) is 0 Å². The van der Waals surface area contributed by atoms with Gasteiger partial charge in [-0.3, -0.25) is 24.0 Å². The summed E-state index contributed by atoms with van der Waals surface area (Å²) in [5.41, 5.74) is 16.4. The van der Waals surface area contributed by atoms with Crippen LogP contribution in [0, 0.1) is 5.92 Å². The number of carbonyl (C=O) groups excluding carboxylic acids is 4. The third kappa shape index (κ3) is 11.6. The zero-order chi connectivity index (χ0) is 26.4. The second kappa shape index (κ2) is 15.6. The maximum atomic E-state index is 12.7. The lowest BCUT2D eigenvalue weighted by Crippen LogP contribution is -2.58. The molecular weight excluding hydrogens is 452 g/mol. The molecule has 0 saturated heterocycles. The monoisotopic (exact) mass is 488 g/mol. The molecule has 5 atom stereocenters. The summed E-state index contributed by atoms with van der Waals surface area (Å²) >= 11 is 0. The van der Waals surface area contributed by atoms with Crippen LogP contribution in [0.1, 0.15) is 52.4 Å². The summed E-state index contributed by atoms with van der Waals surface area (Å²) in [5.74, 6) is -6.83. The second-order valence-corrected chi connectivity index (χ2v) is 7.99. The fraction of sp³-hybridized carbons (Fsp3) is 0.700. The Kier molecular flexibility index (Phi) is 14.1. The van der Waals surface area contributed by atoms with Crippen LogP contribution in [-0.4, -0.2) is 76.5 Å². The van der Waals surface area contributed by atoms with E-state index in [0.29, 0.717) is 25.8 Å². The molecule has 194 valence electrons. The molecule has 34 heavy (non-hydrogen) atoms. The van der Waals surface area contributed by atoms with Gasteiger partial charge in [-0.05, 0) is 31.7 Å². The lowest BCUT2D eigenvalue weighted by atomic mass is 9.99. The SMILES string of the molecule is CCC(C)C(N)C(=O)NC(CC(N)=O)C(=O)NC(CC(=O)O)C(=O)NC(CCCCN)C(=O)O. The van der Waals surface area contributed by atoms with Crippen molar-refractivity contribution >= 4 is 35.6 Å². The van der Waals surface area contributed by atoms with Crippen LogP contribution in [0.3, 0.4) is 0 Å². The first-order valence-electron chi connectivity index (χ1n) is 10.9. The van der Waals surface area contributed by atoms with Crippen LogP contribution in [-0.2, 0) is 28.8 Å². The molecule has 0 bridgehead atoms. The van der Waals surface area contributed by atoms with Crippen LogP contribution in [0.25, 0.3) is 0 Å². The van der Waals surface area contributed by atoms with Crippen LogP contribution in [0.2, 0.25) is 0 Å². The highest BCUT2D eigenvalue weighted by Crippen LogP contribution is 2.07. The third-order valence-corrected chi connectivity index (χ3v) is 5.17. The van der Waals surface area contributed by atoms with Crippen molar-refractivity contribution in [2.24, 2.45) is 23.1 Å². The molecule has 0 fully saturated rings. The van der Waals surface area contributed by atoms with Gasteiger partial charge in [0.15, 0.2) is 0 Å². The van der Waals surface area contributed by atoms with Crippen LogP contribution in [0.4, 0.5) is 0 Å². The first-order chi connectivity index (χ1) is 15.8. The fourth-order valence-corrected chi connectivity index (χ4v) is 2.87. The summed E-state index contributed by atoms with van der Waals surface area (Å²) in [7, 11) is 0. The Morgan fingerprint density at radius 1 is 0.824 bits per heavy atom. The summed E-state index contributed by atoms with van der Waals surface area (Å²) in [6.45, 7) is 3.85. The van der Waals surface area contributed by atoms with E-state index in [1.54, 1.807) is 13.8 Å². The molecule has 0 saturated carbocycles. The zero-order valence-corrected chi connectivity index (χ0v) is 19.4. The largest absolute Gasteiger partial charge is 0.481 e. The Morgan fingerprint density at radius 3 is 1.76 bits per heavy atom. The Balaban J connectivity index is 5.53. The average molecular weight is 489 g/mol. The number of amides is 4. The molecule has 0 aliphatic heterocycles. The van der Waals surface area contributed by atoms with Crippen molar-refractivity contribution in [3.63, 3.8) is 0 Å². The van der Waals surface area contributed by atoms with E-state index in [1.807, 2.05) is 0 Å². The van der Waals surface area contributed by atoms with Gasteiger partial charge in [-0.2, -0.15) is 0 Å². The first-order valence-corrected chi connectivity index (χ1v) is 10.9. The number of aliphatic carboxylic acids is 2. The number of hydrogen-bond donors (Lipinski definition) is 8. The van der Waals surface area contributed by atoms with E-state index < -0.39 is 72.6 Å². The van der Waals surface area contributed by atoms with E-state index in [-0.39, 0.29) is 12.3 Å². The molecule has 14 heteroatoms.